The first kappa shape index (κ1) is 33.1. The second kappa shape index (κ2) is 13.5. The fourth-order valence-corrected chi connectivity index (χ4v) is 5.87. The molecule has 0 saturated carbocycles. The zero-order valence-corrected chi connectivity index (χ0v) is 23.7. The molecule has 6 N–H and O–H groups in total. The van der Waals surface area contributed by atoms with E-state index in [2.05, 4.69) is 15.2 Å². The van der Waals surface area contributed by atoms with Gasteiger partial charge >= 0.3 is 17.6 Å². The summed E-state index contributed by atoms with van der Waals surface area (Å²) < 4.78 is 50.7. The Labute approximate surface area is 228 Å². The number of halogens is 2. The summed E-state index contributed by atoms with van der Waals surface area (Å²) in [5.41, 5.74) is 1.55. The number of nitrogen functional groups attached to an aromatic ring is 1. The largest absolute Gasteiger partial charge is 0.462 e. The summed E-state index contributed by atoms with van der Waals surface area (Å²) in [5, 5.41) is 26.4. The number of aliphatic hydroxyl groups excluding tert-OH is 2. The molecule has 0 aromatic carbocycles. The number of alkyl halides is 2. The molecule has 0 radical (unpaired) electrons. The van der Waals surface area contributed by atoms with Crippen LogP contribution in [0.3, 0.4) is 0 Å². The highest BCUT2D eigenvalue weighted by Crippen LogP contribution is 2.46. The van der Waals surface area contributed by atoms with Crippen molar-refractivity contribution in [3.63, 3.8) is 0 Å². The molecular formula is C21H34F2N5O9PS. The van der Waals surface area contributed by atoms with Gasteiger partial charge in [0.15, 0.2) is 18.4 Å². The minimum Gasteiger partial charge on any atom is -0.462 e. The van der Waals surface area contributed by atoms with Crippen LogP contribution in [0.15, 0.2) is 17.1 Å². The van der Waals surface area contributed by atoms with Crippen LogP contribution in [0.2, 0.25) is 0 Å². The van der Waals surface area contributed by atoms with Gasteiger partial charge in [-0.1, -0.05) is 0 Å². The number of ether oxygens (including phenoxy) is 3. The van der Waals surface area contributed by atoms with Crippen molar-refractivity contribution in [1.82, 2.24) is 19.7 Å². The van der Waals surface area contributed by atoms with Gasteiger partial charge in [0.25, 0.3) is 6.43 Å². The number of nitrogens with one attached hydrogen (secondary N) is 2. The molecule has 0 bridgehead atoms. The summed E-state index contributed by atoms with van der Waals surface area (Å²) in [4.78, 5) is 40.1. The molecule has 1 aromatic heterocycles. The Hall–Kier alpha value is -2.11. The molecule has 39 heavy (non-hydrogen) atoms. The summed E-state index contributed by atoms with van der Waals surface area (Å²) in [6, 6.07) is 0.0612. The van der Waals surface area contributed by atoms with Gasteiger partial charge in [-0.15, -0.1) is 0 Å². The number of aromatic nitrogens is 2. The minimum absolute atomic E-state index is 0.160. The van der Waals surface area contributed by atoms with Crippen molar-refractivity contribution in [2.24, 2.45) is 0 Å². The standard InChI is InChI=1S/C21H34F2N5O9PS/c1-10(2)35-14(29)8-25-38(39,27-12(5)18(32)36-11(3)4)34-9-21(19(22)23)16(31)15(30)17(37-21)28-7-6-13(24)26-20(28)33/h6-7,10-12,15-17,19,30-31H,8-9H2,1-5H3,(H2,24,26,33)(H2,25,27,39)/t12-,15-,16-,17+,21+,38?/m0/s1. The lowest BCUT2D eigenvalue weighted by Crippen LogP contribution is -2.53. The number of carbonyl (C=O) groups is 2. The van der Waals surface area contributed by atoms with Crippen molar-refractivity contribution in [3.8, 4) is 0 Å². The summed E-state index contributed by atoms with van der Waals surface area (Å²) in [7, 11) is 0. The highest BCUT2D eigenvalue weighted by Gasteiger charge is 2.61. The van der Waals surface area contributed by atoms with Crippen molar-refractivity contribution < 1.29 is 47.3 Å². The molecule has 1 saturated heterocycles. The van der Waals surface area contributed by atoms with Gasteiger partial charge in [0, 0.05) is 6.20 Å². The van der Waals surface area contributed by atoms with E-state index >= 15 is 0 Å². The van der Waals surface area contributed by atoms with Crippen LogP contribution < -0.4 is 21.6 Å². The Morgan fingerprint density at radius 1 is 1.26 bits per heavy atom. The monoisotopic (exact) mass is 601 g/mol. The van der Waals surface area contributed by atoms with E-state index < -0.39 is 86.1 Å². The number of carbonyl (C=O) groups excluding carboxylic acids is 2. The van der Waals surface area contributed by atoms with Crippen LogP contribution >= 0.6 is 6.57 Å². The molecule has 2 heterocycles. The summed E-state index contributed by atoms with van der Waals surface area (Å²) in [5.74, 6) is -1.64. The minimum atomic E-state index is -3.73. The highest BCUT2D eigenvalue weighted by molar-refractivity contribution is 8.10. The van der Waals surface area contributed by atoms with Crippen LogP contribution in [0, 0.1) is 0 Å². The fourth-order valence-electron chi connectivity index (χ4n) is 3.45. The molecule has 1 aliphatic heterocycles. The molecule has 18 heteroatoms. The SMILES string of the molecule is CC(C)OC(=O)CNP(=S)(N[C@@H](C)C(=O)OC(C)C)OC[C@@]1(C(F)F)O[C@@H](n2ccc(N)nc2=O)[C@@H](O)[C@@H]1O. The van der Waals surface area contributed by atoms with E-state index in [1.165, 1.54) is 13.0 Å². The van der Waals surface area contributed by atoms with Crippen LogP contribution in [-0.4, -0.2) is 87.3 Å². The second-order valence-electron chi connectivity index (χ2n) is 9.28. The van der Waals surface area contributed by atoms with Crippen molar-refractivity contribution in [2.75, 3.05) is 18.9 Å². The van der Waals surface area contributed by atoms with Crippen molar-refractivity contribution >= 4 is 36.1 Å². The predicted molar refractivity (Wildman–Crippen MR) is 137 cm³/mol. The molecule has 1 fully saturated rings. The van der Waals surface area contributed by atoms with Crippen LogP contribution in [0.5, 0.6) is 0 Å². The fraction of sp³-hybridized carbons (Fsp3) is 0.714. The zero-order valence-electron chi connectivity index (χ0n) is 21.9. The molecule has 2 rings (SSSR count). The molecule has 0 aliphatic carbocycles. The smallest absolute Gasteiger partial charge is 0.351 e. The molecule has 1 aliphatic rings. The van der Waals surface area contributed by atoms with Gasteiger partial charge in [-0.25, -0.2) is 23.7 Å². The molecule has 222 valence electrons. The van der Waals surface area contributed by atoms with Gasteiger partial charge in [-0.3, -0.25) is 14.2 Å². The lowest BCUT2D eigenvalue weighted by atomic mass is 9.96. The number of hydrogen-bond acceptors (Lipinski definition) is 12. The average Bonchev–Trinajstić information content (AvgIpc) is 3.07. The van der Waals surface area contributed by atoms with Gasteiger partial charge in [-0.2, -0.15) is 4.98 Å². The van der Waals surface area contributed by atoms with Gasteiger partial charge < -0.3 is 34.7 Å². The van der Waals surface area contributed by atoms with Crippen LogP contribution in [0.25, 0.3) is 0 Å². The molecule has 0 amide bonds. The average molecular weight is 602 g/mol. The number of anilines is 1. The van der Waals surface area contributed by atoms with E-state index in [-0.39, 0.29) is 5.82 Å². The van der Waals surface area contributed by atoms with Crippen molar-refractivity contribution in [2.45, 2.75) is 83.3 Å². The molecular weight excluding hydrogens is 567 g/mol. The van der Waals surface area contributed by atoms with E-state index in [1.54, 1.807) is 27.7 Å². The number of nitrogens with zero attached hydrogens (tertiary/aromatic N) is 2. The van der Waals surface area contributed by atoms with Crippen molar-refractivity contribution in [1.29, 1.82) is 0 Å². The third-order valence-electron chi connectivity index (χ3n) is 5.29. The predicted octanol–water partition coefficient (Wildman–Crippen LogP) is -0.208. The van der Waals surface area contributed by atoms with Crippen LogP contribution in [0.1, 0.15) is 40.8 Å². The Balaban J connectivity index is 2.33. The lowest BCUT2D eigenvalue weighted by molar-refractivity contribution is -0.191. The quantitative estimate of drug-likeness (QED) is 0.147. The Bertz CT molecular complexity index is 1130. The maximum absolute atomic E-state index is 14.4. The van der Waals surface area contributed by atoms with Gasteiger partial charge in [-0.05, 0) is 52.5 Å². The maximum Gasteiger partial charge on any atom is 0.351 e. The number of aliphatic hydroxyl groups is 2. The number of nitrogens with two attached hydrogens (primary N) is 1. The third-order valence-corrected chi connectivity index (χ3v) is 8.11. The summed E-state index contributed by atoms with van der Waals surface area (Å²) >= 11 is 5.47. The molecule has 0 spiro atoms. The molecule has 1 aromatic rings. The Kier molecular flexibility index (Phi) is 11.5. The molecule has 14 nitrogen and oxygen atoms in total. The van der Waals surface area contributed by atoms with E-state index in [9.17, 15) is 33.4 Å². The number of rotatable bonds is 13. The molecule has 1 unspecified atom stereocenters. The van der Waals surface area contributed by atoms with E-state index in [0.717, 1.165) is 6.20 Å². The van der Waals surface area contributed by atoms with E-state index in [4.69, 9.17) is 36.3 Å². The van der Waals surface area contributed by atoms with E-state index in [0.29, 0.717) is 4.57 Å². The zero-order chi connectivity index (χ0) is 29.7. The first-order valence-corrected chi connectivity index (χ1v) is 14.6. The van der Waals surface area contributed by atoms with E-state index in [1.807, 2.05) is 0 Å². The molecule has 6 atom stereocenters. The Morgan fingerprint density at radius 2 is 1.87 bits per heavy atom. The normalized spacial score (nSPS) is 25.6. The van der Waals surface area contributed by atoms with Gasteiger partial charge in [0.05, 0.1) is 18.8 Å². The van der Waals surface area contributed by atoms with Crippen LogP contribution in [0.4, 0.5) is 14.6 Å². The first-order valence-electron chi connectivity index (χ1n) is 11.9. The topological polar surface area (TPSA) is 196 Å². The third kappa shape index (κ3) is 8.44. The van der Waals surface area contributed by atoms with Crippen LogP contribution in [-0.2, 0) is 40.1 Å². The van der Waals surface area contributed by atoms with Gasteiger partial charge in [0.2, 0.25) is 0 Å². The second-order valence-corrected chi connectivity index (χ2v) is 12.8. The first-order chi connectivity index (χ1) is 18.0. The van der Waals surface area contributed by atoms with Gasteiger partial charge in [0.1, 0.15) is 30.6 Å². The number of hydrogen-bond donors (Lipinski definition) is 5. The Morgan fingerprint density at radius 3 is 2.41 bits per heavy atom. The summed E-state index contributed by atoms with van der Waals surface area (Å²) in [6.45, 7) is 2.47. The van der Waals surface area contributed by atoms with Crippen molar-refractivity contribution in [3.05, 3.63) is 22.7 Å². The summed E-state index contributed by atoms with van der Waals surface area (Å²) in [6.07, 6.45) is -9.37. The number of esters is 2. The lowest BCUT2D eigenvalue weighted by Gasteiger charge is -2.34. The highest BCUT2D eigenvalue weighted by atomic mass is 32.4. The maximum atomic E-state index is 14.4.